The number of hydrogen-bond acceptors (Lipinski definition) is 4. The summed E-state index contributed by atoms with van der Waals surface area (Å²) in [6.07, 6.45) is 2.96. The Labute approximate surface area is 90.8 Å². The Kier molecular flexibility index (Phi) is 5.14. The van der Waals surface area contributed by atoms with Crippen LogP contribution in [0.1, 0.15) is 6.42 Å². The number of hydrogen-bond donors (Lipinski definition) is 1. The van der Waals surface area contributed by atoms with E-state index in [4.69, 9.17) is 10.5 Å². The van der Waals surface area contributed by atoms with Crippen LogP contribution in [0.25, 0.3) is 0 Å². The molecule has 0 amide bonds. The van der Waals surface area contributed by atoms with E-state index in [0.29, 0.717) is 5.82 Å². The molecule has 0 saturated carbocycles. The summed E-state index contributed by atoms with van der Waals surface area (Å²) in [4.78, 5) is 2.26. The first-order valence-electron chi connectivity index (χ1n) is 5.19. The second-order valence-electron chi connectivity index (χ2n) is 3.65. The van der Waals surface area contributed by atoms with Crippen LogP contribution in [0.2, 0.25) is 0 Å². The maximum absolute atomic E-state index is 5.52. The molecule has 0 aliphatic rings. The lowest BCUT2D eigenvalue weighted by molar-refractivity contribution is 0.178. The standard InChI is InChI=1S/C10H20N4O/c1-13(5-3-9-15-2)7-8-14-6-4-10(11)12-14/h4,6H,3,5,7-9H2,1-2H3,(H2,11,12). The van der Waals surface area contributed by atoms with Crippen molar-refractivity contribution in [1.82, 2.24) is 14.7 Å². The van der Waals surface area contributed by atoms with Crippen LogP contribution in [0.4, 0.5) is 5.82 Å². The summed E-state index contributed by atoms with van der Waals surface area (Å²) in [7, 11) is 3.83. The van der Waals surface area contributed by atoms with Gasteiger partial charge in [-0.3, -0.25) is 4.68 Å². The Bertz CT molecular complexity index is 274. The number of ether oxygens (including phenoxy) is 1. The zero-order chi connectivity index (χ0) is 11.1. The maximum Gasteiger partial charge on any atom is 0.145 e. The third kappa shape index (κ3) is 4.80. The quantitative estimate of drug-likeness (QED) is 0.666. The molecule has 0 aromatic carbocycles. The van der Waals surface area contributed by atoms with Gasteiger partial charge in [-0.2, -0.15) is 5.10 Å². The molecule has 2 N–H and O–H groups in total. The average Bonchev–Trinajstić information content (AvgIpc) is 2.62. The molecule has 5 heteroatoms. The van der Waals surface area contributed by atoms with Crippen molar-refractivity contribution in [2.75, 3.05) is 39.6 Å². The van der Waals surface area contributed by atoms with Crippen LogP contribution in [0.5, 0.6) is 0 Å². The number of methoxy groups -OCH3 is 1. The van der Waals surface area contributed by atoms with Crippen LogP contribution in [0, 0.1) is 0 Å². The molecular formula is C10H20N4O. The van der Waals surface area contributed by atoms with Gasteiger partial charge in [0.05, 0.1) is 6.54 Å². The molecule has 0 bridgehead atoms. The Morgan fingerprint density at radius 1 is 1.53 bits per heavy atom. The highest BCUT2D eigenvalue weighted by Gasteiger charge is 1.99. The van der Waals surface area contributed by atoms with Gasteiger partial charge in [0.15, 0.2) is 0 Å². The van der Waals surface area contributed by atoms with Gasteiger partial charge in [0.2, 0.25) is 0 Å². The van der Waals surface area contributed by atoms with E-state index in [1.54, 1.807) is 7.11 Å². The van der Waals surface area contributed by atoms with Crippen molar-refractivity contribution < 1.29 is 4.74 Å². The van der Waals surface area contributed by atoms with Crippen molar-refractivity contribution in [1.29, 1.82) is 0 Å². The summed E-state index contributed by atoms with van der Waals surface area (Å²) < 4.78 is 6.86. The Balaban J connectivity index is 2.13. The lowest BCUT2D eigenvalue weighted by atomic mass is 10.4. The van der Waals surface area contributed by atoms with Crippen LogP contribution < -0.4 is 5.73 Å². The second kappa shape index (κ2) is 6.42. The number of likely N-dealkylation sites (N-methyl/N-ethyl adjacent to an activating group) is 1. The van der Waals surface area contributed by atoms with Gasteiger partial charge in [0.25, 0.3) is 0 Å². The molecule has 1 rings (SSSR count). The molecule has 0 aliphatic carbocycles. The van der Waals surface area contributed by atoms with E-state index in [1.165, 1.54) is 0 Å². The van der Waals surface area contributed by atoms with Gasteiger partial charge in [-0.15, -0.1) is 0 Å². The first-order chi connectivity index (χ1) is 7.22. The molecule has 86 valence electrons. The van der Waals surface area contributed by atoms with Gasteiger partial charge in [0, 0.05) is 33.0 Å². The Morgan fingerprint density at radius 3 is 2.93 bits per heavy atom. The van der Waals surface area contributed by atoms with Crippen molar-refractivity contribution >= 4 is 5.82 Å². The lowest BCUT2D eigenvalue weighted by Gasteiger charge is -2.15. The monoisotopic (exact) mass is 212 g/mol. The van der Waals surface area contributed by atoms with Gasteiger partial charge >= 0.3 is 0 Å². The number of nitrogens with two attached hydrogens (primary N) is 1. The molecule has 0 fully saturated rings. The zero-order valence-electron chi connectivity index (χ0n) is 9.52. The SMILES string of the molecule is COCCCN(C)CCn1ccc(N)n1. The first kappa shape index (κ1) is 12.0. The van der Waals surface area contributed by atoms with Crippen molar-refractivity contribution in [2.24, 2.45) is 0 Å². The van der Waals surface area contributed by atoms with E-state index in [0.717, 1.165) is 32.7 Å². The molecule has 1 heterocycles. The molecule has 0 atom stereocenters. The van der Waals surface area contributed by atoms with E-state index >= 15 is 0 Å². The number of aromatic nitrogens is 2. The molecule has 0 aliphatic heterocycles. The summed E-state index contributed by atoms with van der Waals surface area (Å²) in [5, 5.41) is 4.12. The third-order valence-corrected chi connectivity index (χ3v) is 2.26. The minimum absolute atomic E-state index is 0.581. The molecule has 1 aromatic heterocycles. The van der Waals surface area contributed by atoms with E-state index in [1.807, 2.05) is 16.9 Å². The summed E-state index contributed by atoms with van der Waals surface area (Å²) in [6, 6.07) is 1.81. The number of anilines is 1. The van der Waals surface area contributed by atoms with Crippen molar-refractivity contribution in [3.63, 3.8) is 0 Å². The van der Waals surface area contributed by atoms with Gasteiger partial charge in [-0.05, 0) is 19.5 Å². The number of rotatable bonds is 7. The van der Waals surface area contributed by atoms with E-state index < -0.39 is 0 Å². The highest BCUT2D eigenvalue weighted by atomic mass is 16.5. The maximum atomic E-state index is 5.52. The Hall–Kier alpha value is -1.07. The Morgan fingerprint density at radius 2 is 2.33 bits per heavy atom. The highest BCUT2D eigenvalue weighted by Crippen LogP contribution is 1.96. The number of nitrogens with zero attached hydrogens (tertiary/aromatic N) is 3. The largest absolute Gasteiger partial charge is 0.385 e. The van der Waals surface area contributed by atoms with Gasteiger partial charge in [-0.25, -0.2) is 0 Å². The molecule has 1 aromatic rings. The predicted molar refractivity (Wildman–Crippen MR) is 60.6 cm³/mol. The van der Waals surface area contributed by atoms with Crippen LogP contribution in [-0.2, 0) is 11.3 Å². The fourth-order valence-electron chi connectivity index (χ4n) is 1.37. The normalized spacial score (nSPS) is 11.1. The first-order valence-corrected chi connectivity index (χ1v) is 5.19. The summed E-state index contributed by atoms with van der Waals surface area (Å²) in [5.41, 5.74) is 5.52. The van der Waals surface area contributed by atoms with Crippen LogP contribution in [0.3, 0.4) is 0 Å². The average molecular weight is 212 g/mol. The fraction of sp³-hybridized carbons (Fsp3) is 0.700. The van der Waals surface area contributed by atoms with Gasteiger partial charge in [-0.1, -0.05) is 0 Å². The van der Waals surface area contributed by atoms with E-state index in [2.05, 4.69) is 17.0 Å². The topological polar surface area (TPSA) is 56.3 Å². The summed E-state index contributed by atoms with van der Waals surface area (Å²) in [5.74, 6) is 0.581. The minimum Gasteiger partial charge on any atom is -0.385 e. The third-order valence-electron chi connectivity index (χ3n) is 2.26. The molecule has 5 nitrogen and oxygen atoms in total. The molecule has 0 unspecified atom stereocenters. The molecular weight excluding hydrogens is 192 g/mol. The lowest BCUT2D eigenvalue weighted by Crippen LogP contribution is -2.25. The van der Waals surface area contributed by atoms with Crippen LogP contribution in [0.15, 0.2) is 12.3 Å². The zero-order valence-corrected chi connectivity index (χ0v) is 9.52. The summed E-state index contributed by atoms with van der Waals surface area (Å²) in [6.45, 7) is 3.72. The van der Waals surface area contributed by atoms with E-state index in [-0.39, 0.29) is 0 Å². The smallest absolute Gasteiger partial charge is 0.145 e. The van der Waals surface area contributed by atoms with E-state index in [9.17, 15) is 0 Å². The van der Waals surface area contributed by atoms with Crippen LogP contribution >= 0.6 is 0 Å². The minimum atomic E-state index is 0.581. The predicted octanol–water partition coefficient (Wildman–Crippen LogP) is 0.434. The van der Waals surface area contributed by atoms with Crippen molar-refractivity contribution in [2.45, 2.75) is 13.0 Å². The fourth-order valence-corrected chi connectivity index (χ4v) is 1.37. The molecule has 0 radical (unpaired) electrons. The second-order valence-corrected chi connectivity index (χ2v) is 3.65. The van der Waals surface area contributed by atoms with Gasteiger partial charge in [0.1, 0.15) is 5.82 Å². The van der Waals surface area contributed by atoms with Crippen molar-refractivity contribution in [3.05, 3.63) is 12.3 Å². The van der Waals surface area contributed by atoms with Gasteiger partial charge < -0.3 is 15.4 Å². The number of nitrogen functional groups attached to an aromatic ring is 1. The summed E-state index contributed by atoms with van der Waals surface area (Å²) >= 11 is 0. The molecule has 0 saturated heterocycles. The van der Waals surface area contributed by atoms with Crippen LogP contribution in [-0.4, -0.2) is 48.5 Å². The molecule has 0 spiro atoms. The highest BCUT2D eigenvalue weighted by molar-refractivity contribution is 5.23. The molecule has 15 heavy (non-hydrogen) atoms. The van der Waals surface area contributed by atoms with Crippen molar-refractivity contribution in [3.8, 4) is 0 Å².